The van der Waals surface area contributed by atoms with Crippen LogP contribution in [0, 0.1) is 0 Å². The smallest absolute Gasteiger partial charge is 0.322 e. The minimum Gasteiger partial charge on any atom is -0.497 e. The third-order valence-corrected chi connectivity index (χ3v) is 2.81. The van der Waals surface area contributed by atoms with Crippen LogP contribution in [-0.2, 0) is 4.79 Å². The van der Waals surface area contributed by atoms with Gasteiger partial charge in [0.25, 0.3) is 0 Å². The number of halogens is 1. The number of anilines is 1. The second-order valence-electron chi connectivity index (χ2n) is 3.98. The molecule has 0 radical (unpaired) electrons. The van der Waals surface area contributed by atoms with Crippen molar-refractivity contribution in [2.24, 2.45) is 0 Å². The molecule has 0 aliphatic rings. The summed E-state index contributed by atoms with van der Waals surface area (Å²) in [5.74, 6) is 1.31. The Kier molecular flexibility index (Phi) is 4.95. The maximum atomic E-state index is 11.5. The molecule has 0 spiro atoms. The van der Waals surface area contributed by atoms with Gasteiger partial charge in [-0.25, -0.2) is 0 Å². The summed E-state index contributed by atoms with van der Waals surface area (Å²) in [6.07, 6.45) is 0.927. The van der Waals surface area contributed by atoms with E-state index in [0.29, 0.717) is 24.6 Å². The molecule has 1 amide bonds. The fourth-order valence-electron chi connectivity index (χ4n) is 1.53. The summed E-state index contributed by atoms with van der Waals surface area (Å²) in [6, 6.07) is 7.25. The highest BCUT2D eigenvalue weighted by Crippen LogP contribution is 2.22. The van der Waals surface area contributed by atoms with E-state index in [0.717, 1.165) is 11.3 Å². The second kappa shape index (κ2) is 6.91. The minimum absolute atomic E-state index is 0.0791. The zero-order valence-corrected chi connectivity index (χ0v) is 11.7. The lowest BCUT2D eigenvalue weighted by Gasteiger charge is -1.99. The van der Waals surface area contributed by atoms with Crippen molar-refractivity contribution >= 4 is 23.5 Å². The van der Waals surface area contributed by atoms with E-state index in [2.05, 4.69) is 15.5 Å². The molecular weight excluding hydrogens is 282 g/mol. The Bertz CT molecular complexity index is 568. The number of hydrogen-bond donors (Lipinski definition) is 1. The average molecular weight is 296 g/mol. The van der Waals surface area contributed by atoms with Gasteiger partial charge >= 0.3 is 6.01 Å². The van der Waals surface area contributed by atoms with Gasteiger partial charge in [0.05, 0.1) is 7.11 Å². The van der Waals surface area contributed by atoms with E-state index in [-0.39, 0.29) is 11.9 Å². The first-order valence-electron chi connectivity index (χ1n) is 6.06. The first-order valence-corrected chi connectivity index (χ1v) is 6.60. The number of alkyl halides is 1. The van der Waals surface area contributed by atoms with Gasteiger partial charge in [-0.2, -0.15) is 0 Å². The van der Waals surface area contributed by atoms with Crippen molar-refractivity contribution in [3.8, 4) is 17.2 Å². The molecule has 0 atom stereocenters. The van der Waals surface area contributed by atoms with Gasteiger partial charge in [0, 0.05) is 17.9 Å². The monoisotopic (exact) mass is 295 g/mol. The molecule has 0 bridgehead atoms. The molecule has 1 aromatic carbocycles. The predicted octanol–water partition coefficient (Wildman–Crippen LogP) is 2.70. The van der Waals surface area contributed by atoms with Crippen LogP contribution in [-0.4, -0.2) is 29.1 Å². The molecule has 1 heterocycles. The van der Waals surface area contributed by atoms with E-state index in [9.17, 15) is 4.79 Å². The Labute approximate surface area is 121 Å². The number of amides is 1. The Morgan fingerprint density at radius 3 is 2.75 bits per heavy atom. The third kappa shape index (κ3) is 3.71. The second-order valence-corrected chi connectivity index (χ2v) is 4.36. The van der Waals surface area contributed by atoms with Crippen molar-refractivity contribution < 1.29 is 13.9 Å². The Morgan fingerprint density at radius 2 is 2.10 bits per heavy atom. The lowest BCUT2D eigenvalue weighted by atomic mass is 10.2. The number of hydrogen-bond acceptors (Lipinski definition) is 5. The number of carbonyl (C=O) groups is 1. The topological polar surface area (TPSA) is 77.3 Å². The summed E-state index contributed by atoms with van der Waals surface area (Å²) in [4.78, 5) is 11.5. The lowest BCUT2D eigenvalue weighted by molar-refractivity contribution is -0.116. The Hall–Kier alpha value is -2.08. The van der Waals surface area contributed by atoms with Crippen molar-refractivity contribution in [2.45, 2.75) is 12.8 Å². The molecule has 7 heteroatoms. The number of carbonyl (C=O) groups excluding carboxylic acids is 1. The van der Waals surface area contributed by atoms with Gasteiger partial charge in [-0.05, 0) is 30.7 Å². The Balaban J connectivity index is 2.02. The highest BCUT2D eigenvalue weighted by Gasteiger charge is 2.11. The van der Waals surface area contributed by atoms with E-state index in [1.54, 1.807) is 31.4 Å². The molecule has 6 nitrogen and oxygen atoms in total. The molecule has 20 heavy (non-hydrogen) atoms. The first-order chi connectivity index (χ1) is 9.72. The van der Waals surface area contributed by atoms with Crippen molar-refractivity contribution in [3.63, 3.8) is 0 Å². The number of methoxy groups -OCH3 is 1. The number of nitrogens with one attached hydrogen (secondary N) is 1. The molecule has 1 N–H and O–H groups in total. The van der Waals surface area contributed by atoms with Gasteiger partial charge in [-0.15, -0.1) is 16.7 Å². The van der Waals surface area contributed by atoms with E-state index in [1.807, 2.05) is 0 Å². The van der Waals surface area contributed by atoms with E-state index >= 15 is 0 Å². The van der Waals surface area contributed by atoms with Crippen LogP contribution in [0.2, 0.25) is 0 Å². The molecule has 2 aromatic rings. The van der Waals surface area contributed by atoms with E-state index in [1.165, 1.54) is 0 Å². The normalized spacial score (nSPS) is 10.3. The van der Waals surface area contributed by atoms with Gasteiger partial charge in [-0.1, -0.05) is 5.10 Å². The fraction of sp³-hybridized carbons (Fsp3) is 0.308. The maximum Gasteiger partial charge on any atom is 0.322 e. The molecule has 0 aliphatic carbocycles. The summed E-state index contributed by atoms with van der Waals surface area (Å²) in [6.45, 7) is 0. The summed E-state index contributed by atoms with van der Waals surface area (Å²) >= 11 is 5.52. The van der Waals surface area contributed by atoms with Crippen LogP contribution in [0.3, 0.4) is 0 Å². The van der Waals surface area contributed by atoms with Gasteiger partial charge in [0.1, 0.15) is 5.75 Å². The standard InChI is InChI=1S/C13H14ClN3O3/c1-19-10-6-4-9(5-7-10)12-16-17-13(20-12)15-11(18)3-2-8-14/h4-7H,2-3,8H2,1H3,(H,15,17,18). The SMILES string of the molecule is COc1ccc(-c2nnc(NC(=O)CCCCl)o2)cc1. The first kappa shape index (κ1) is 14.3. The molecule has 0 saturated heterocycles. The highest BCUT2D eigenvalue weighted by atomic mass is 35.5. The molecule has 0 fully saturated rings. The number of benzene rings is 1. The van der Waals surface area contributed by atoms with Crippen LogP contribution in [0.25, 0.3) is 11.5 Å². The number of nitrogens with zero attached hydrogens (tertiary/aromatic N) is 2. The number of ether oxygens (including phenoxy) is 1. The van der Waals surface area contributed by atoms with Crippen LogP contribution in [0.5, 0.6) is 5.75 Å². The largest absolute Gasteiger partial charge is 0.497 e. The molecule has 0 saturated carbocycles. The molecule has 106 valence electrons. The zero-order valence-electron chi connectivity index (χ0n) is 10.9. The molecular formula is C13H14ClN3O3. The van der Waals surface area contributed by atoms with Crippen molar-refractivity contribution in [2.75, 3.05) is 18.3 Å². The van der Waals surface area contributed by atoms with Crippen molar-refractivity contribution in [1.82, 2.24) is 10.2 Å². The van der Waals surface area contributed by atoms with Crippen LogP contribution in [0.4, 0.5) is 6.01 Å². The molecule has 1 aromatic heterocycles. The minimum atomic E-state index is -0.199. The highest BCUT2D eigenvalue weighted by molar-refractivity contribution is 6.18. The lowest BCUT2D eigenvalue weighted by Crippen LogP contribution is -2.11. The summed E-state index contributed by atoms with van der Waals surface area (Å²) in [5.41, 5.74) is 0.750. The molecule has 0 unspecified atom stereocenters. The summed E-state index contributed by atoms with van der Waals surface area (Å²) < 4.78 is 10.4. The molecule has 2 rings (SSSR count). The van der Waals surface area contributed by atoms with E-state index in [4.69, 9.17) is 20.8 Å². The van der Waals surface area contributed by atoms with Gasteiger partial charge in [0.2, 0.25) is 11.8 Å². The Morgan fingerprint density at radius 1 is 1.35 bits per heavy atom. The van der Waals surface area contributed by atoms with E-state index < -0.39 is 0 Å². The number of rotatable bonds is 6. The van der Waals surface area contributed by atoms with Crippen LogP contribution >= 0.6 is 11.6 Å². The third-order valence-electron chi connectivity index (χ3n) is 2.55. The summed E-state index contributed by atoms with van der Waals surface area (Å²) in [7, 11) is 1.59. The number of aromatic nitrogens is 2. The van der Waals surface area contributed by atoms with Crippen molar-refractivity contribution in [3.05, 3.63) is 24.3 Å². The van der Waals surface area contributed by atoms with Crippen molar-refractivity contribution in [1.29, 1.82) is 0 Å². The quantitative estimate of drug-likeness (QED) is 0.829. The predicted molar refractivity (Wildman–Crippen MR) is 74.9 cm³/mol. The summed E-state index contributed by atoms with van der Waals surface area (Å²) in [5, 5.41) is 10.2. The van der Waals surface area contributed by atoms with Crippen LogP contribution < -0.4 is 10.1 Å². The van der Waals surface area contributed by atoms with Crippen LogP contribution in [0.1, 0.15) is 12.8 Å². The molecule has 0 aliphatic heterocycles. The van der Waals surface area contributed by atoms with Gasteiger partial charge in [0.15, 0.2) is 0 Å². The van der Waals surface area contributed by atoms with Crippen LogP contribution in [0.15, 0.2) is 28.7 Å². The maximum absolute atomic E-state index is 11.5. The van der Waals surface area contributed by atoms with Gasteiger partial charge < -0.3 is 9.15 Å². The van der Waals surface area contributed by atoms with Gasteiger partial charge in [-0.3, -0.25) is 10.1 Å². The average Bonchev–Trinajstić information content (AvgIpc) is 2.93. The fourth-order valence-corrected chi connectivity index (χ4v) is 1.67. The zero-order chi connectivity index (χ0) is 14.4.